The second-order valence-corrected chi connectivity index (χ2v) is 5.53. The number of ether oxygens (including phenoxy) is 1. The summed E-state index contributed by atoms with van der Waals surface area (Å²) in [4.78, 5) is 12.2. The van der Waals surface area contributed by atoms with Crippen LogP contribution in [0.3, 0.4) is 0 Å². The molecular weight excluding hydrogens is 515 g/mol. The average Bonchev–Trinajstić information content (AvgIpc) is 2.29. The average molecular weight is 526 g/mol. The normalized spacial score (nSPS) is 13.6. The van der Waals surface area contributed by atoms with Gasteiger partial charge >= 0.3 is 0 Å². The van der Waals surface area contributed by atoms with Crippen LogP contribution in [0.25, 0.3) is 10.9 Å². The van der Waals surface area contributed by atoms with Crippen molar-refractivity contribution in [2.75, 3.05) is 0 Å². The molecule has 0 spiro atoms. The Morgan fingerprint density at radius 3 is 2.89 bits per heavy atom. The number of nitrogens with zero attached hydrogens (tertiary/aromatic N) is 1. The second-order valence-electron chi connectivity index (χ2n) is 4.28. The van der Waals surface area contributed by atoms with Crippen LogP contribution in [0.4, 0.5) is 0 Å². The summed E-state index contributed by atoms with van der Waals surface area (Å²) in [5, 5.41) is 0.787. The molecule has 0 N–H and O–H groups in total. The Kier molecular flexibility index (Phi) is 3.88. The van der Waals surface area contributed by atoms with Crippen LogP contribution in [0.2, 0.25) is 0 Å². The zero-order valence-electron chi connectivity index (χ0n) is 9.96. The van der Waals surface area contributed by atoms with Gasteiger partial charge in [-0.1, -0.05) is 17.8 Å². The molecule has 2 heterocycles. The van der Waals surface area contributed by atoms with E-state index < -0.39 is 0 Å². The van der Waals surface area contributed by atoms with Gasteiger partial charge in [0.2, 0.25) is 0 Å². The third-order valence-electron chi connectivity index (χ3n) is 3.10. The van der Waals surface area contributed by atoms with Gasteiger partial charge in [-0.05, 0) is 59.0 Å². The molecule has 1 radical (unpaired) electrons. The molecule has 0 saturated carbocycles. The molecule has 0 aliphatic carbocycles. The number of pyridine rings is 1. The zero-order chi connectivity index (χ0) is 12.2. The van der Waals surface area contributed by atoms with Gasteiger partial charge in [0, 0.05) is 30.2 Å². The first kappa shape index (κ1) is 14.1. The Hall–Kier alpha value is -0.348. The van der Waals surface area contributed by atoms with Gasteiger partial charge < -0.3 is 9.30 Å². The standard InChI is InChI=1S/C13H11INO2.Re/c1-7-5-15-8(2)17-6-9-3-10(14)4-11(12(9)15)13(7)16;/h3-5H,6H2,1-2H3;/q-1;. The van der Waals surface area contributed by atoms with Gasteiger partial charge in [-0.15, -0.1) is 0 Å². The molecule has 3 rings (SSSR count). The fourth-order valence-corrected chi connectivity index (χ4v) is 2.94. The molecule has 3 nitrogen and oxygen atoms in total. The van der Waals surface area contributed by atoms with Crippen molar-refractivity contribution < 1.29 is 25.2 Å². The Morgan fingerprint density at radius 2 is 2.17 bits per heavy atom. The third kappa shape index (κ3) is 2.03. The summed E-state index contributed by atoms with van der Waals surface area (Å²) in [5.74, 6) is 0. The molecule has 0 saturated heterocycles. The predicted octanol–water partition coefficient (Wildman–Crippen LogP) is 2.80. The Bertz CT molecular complexity index is 681. The van der Waals surface area contributed by atoms with Crippen molar-refractivity contribution >= 4 is 33.5 Å². The van der Waals surface area contributed by atoms with E-state index in [9.17, 15) is 4.79 Å². The first-order chi connectivity index (χ1) is 8.08. The molecule has 1 aliphatic heterocycles. The van der Waals surface area contributed by atoms with Crippen molar-refractivity contribution in [2.45, 2.75) is 20.5 Å². The number of rotatable bonds is 0. The van der Waals surface area contributed by atoms with Crippen LogP contribution in [0.1, 0.15) is 18.1 Å². The number of hydrogen-bond donors (Lipinski definition) is 0. The SMILES string of the molecule is Cc1cn2c3c(cc(I)cc3c1=O)CO[C-]2C.[Re]. The molecule has 0 fully saturated rings. The molecule has 95 valence electrons. The molecule has 2 aromatic rings. The van der Waals surface area contributed by atoms with Gasteiger partial charge in [0.1, 0.15) is 0 Å². The molecule has 1 aromatic heterocycles. The number of halogens is 1. The van der Waals surface area contributed by atoms with Gasteiger partial charge in [0.25, 0.3) is 0 Å². The number of benzene rings is 1. The molecule has 0 amide bonds. The molecule has 18 heavy (non-hydrogen) atoms. The summed E-state index contributed by atoms with van der Waals surface area (Å²) < 4.78 is 8.66. The summed E-state index contributed by atoms with van der Waals surface area (Å²) in [7, 11) is 0. The van der Waals surface area contributed by atoms with Crippen molar-refractivity contribution in [1.82, 2.24) is 4.57 Å². The third-order valence-corrected chi connectivity index (χ3v) is 3.72. The monoisotopic (exact) mass is 527 g/mol. The predicted molar refractivity (Wildman–Crippen MR) is 74.8 cm³/mol. The van der Waals surface area contributed by atoms with Crippen LogP contribution in [0.15, 0.2) is 23.1 Å². The molecule has 1 aromatic carbocycles. The van der Waals surface area contributed by atoms with Crippen molar-refractivity contribution in [3.63, 3.8) is 0 Å². The summed E-state index contributed by atoms with van der Waals surface area (Å²) in [6.45, 7) is 4.30. The first-order valence-corrected chi connectivity index (χ1v) is 6.47. The van der Waals surface area contributed by atoms with E-state index in [0.29, 0.717) is 6.61 Å². The number of hydrogen-bond acceptors (Lipinski definition) is 2. The van der Waals surface area contributed by atoms with E-state index in [0.717, 1.165) is 31.8 Å². The van der Waals surface area contributed by atoms with Crippen LogP contribution < -0.4 is 5.43 Å². The van der Waals surface area contributed by atoms with Gasteiger partial charge in [-0.3, -0.25) is 4.79 Å². The van der Waals surface area contributed by atoms with Crippen LogP contribution in [0.5, 0.6) is 0 Å². The van der Waals surface area contributed by atoms with Crippen molar-refractivity contribution in [1.29, 1.82) is 0 Å². The molecule has 0 atom stereocenters. The maximum absolute atomic E-state index is 12.2. The van der Waals surface area contributed by atoms with E-state index in [2.05, 4.69) is 28.7 Å². The molecular formula is C13H11INO2Re-. The fraction of sp³-hybridized carbons (Fsp3) is 0.231. The molecule has 5 heteroatoms. The van der Waals surface area contributed by atoms with E-state index >= 15 is 0 Å². The van der Waals surface area contributed by atoms with E-state index in [1.807, 2.05) is 30.7 Å². The van der Waals surface area contributed by atoms with E-state index in [1.165, 1.54) is 0 Å². The fourth-order valence-electron chi connectivity index (χ4n) is 2.25. The summed E-state index contributed by atoms with van der Waals surface area (Å²) >= 11 is 2.24. The van der Waals surface area contributed by atoms with E-state index in [-0.39, 0.29) is 25.9 Å². The second kappa shape index (κ2) is 4.97. The topological polar surface area (TPSA) is 31.2 Å². The van der Waals surface area contributed by atoms with Crippen molar-refractivity contribution in [3.8, 4) is 0 Å². The van der Waals surface area contributed by atoms with Gasteiger partial charge in [-0.25, -0.2) is 0 Å². The van der Waals surface area contributed by atoms with Gasteiger partial charge in [0.05, 0.1) is 6.61 Å². The molecule has 0 unspecified atom stereocenters. The van der Waals surface area contributed by atoms with Crippen molar-refractivity contribution in [3.05, 3.63) is 49.5 Å². The Morgan fingerprint density at radius 1 is 1.44 bits per heavy atom. The molecule has 0 bridgehead atoms. The number of aromatic nitrogens is 1. The minimum Gasteiger partial charge on any atom is -0.459 e. The van der Waals surface area contributed by atoms with Gasteiger partial charge in [0.15, 0.2) is 5.43 Å². The van der Waals surface area contributed by atoms with Crippen LogP contribution >= 0.6 is 22.6 Å². The maximum Gasteiger partial charge on any atom is 0.168 e. The minimum atomic E-state index is 0. The van der Waals surface area contributed by atoms with Crippen molar-refractivity contribution in [2.24, 2.45) is 0 Å². The first-order valence-electron chi connectivity index (χ1n) is 5.39. The smallest absolute Gasteiger partial charge is 0.168 e. The zero-order valence-corrected chi connectivity index (χ0v) is 14.8. The summed E-state index contributed by atoms with van der Waals surface area (Å²) in [5.41, 5.74) is 2.93. The minimum absolute atomic E-state index is 0. The summed E-state index contributed by atoms with van der Waals surface area (Å²) in [6, 6.07) is 4.02. The van der Waals surface area contributed by atoms with Gasteiger partial charge in [-0.2, -0.15) is 0 Å². The Balaban J connectivity index is 0.00000120. The van der Waals surface area contributed by atoms with E-state index in [4.69, 9.17) is 4.74 Å². The maximum atomic E-state index is 12.2. The quantitative estimate of drug-likeness (QED) is 0.391. The summed E-state index contributed by atoms with van der Waals surface area (Å²) in [6.07, 6.45) is 2.68. The van der Waals surface area contributed by atoms with Crippen LogP contribution in [-0.2, 0) is 31.8 Å². The largest absolute Gasteiger partial charge is 0.459 e. The molecule has 1 aliphatic rings. The van der Waals surface area contributed by atoms with E-state index in [1.54, 1.807) is 0 Å². The van der Waals surface area contributed by atoms with Crippen LogP contribution in [-0.4, -0.2) is 4.57 Å². The Labute approximate surface area is 132 Å². The number of aryl methyl sites for hydroxylation is 1. The van der Waals surface area contributed by atoms with Crippen LogP contribution in [0, 0.1) is 16.7 Å².